The molecule has 1 aliphatic heterocycles. The fourth-order valence-corrected chi connectivity index (χ4v) is 4.73. The largest absolute Gasteiger partial charge is 0.459 e. The molecule has 7 heteroatoms. The summed E-state index contributed by atoms with van der Waals surface area (Å²) in [6.07, 6.45) is 4.16. The number of hydrogen-bond donors (Lipinski definition) is 1. The van der Waals surface area contributed by atoms with Crippen molar-refractivity contribution in [3.05, 3.63) is 65.5 Å². The Labute approximate surface area is 193 Å². The van der Waals surface area contributed by atoms with Crippen LogP contribution in [-0.4, -0.2) is 55.3 Å². The normalized spacial score (nSPS) is 20.9. The number of nitrogens with one attached hydrogen (secondary N) is 1. The molecule has 2 aliphatic rings. The third-order valence-electron chi connectivity index (χ3n) is 6.62. The second kappa shape index (κ2) is 10.6. The molecule has 4 rings (SSSR count). The maximum Gasteiger partial charge on any atom is 0.338 e. The van der Waals surface area contributed by atoms with Crippen molar-refractivity contribution in [2.24, 2.45) is 5.92 Å². The highest BCUT2D eigenvalue weighted by atomic mass is 19.1. The number of esters is 1. The van der Waals surface area contributed by atoms with E-state index in [0.29, 0.717) is 68.7 Å². The highest BCUT2D eigenvalue weighted by Gasteiger charge is 2.32. The lowest BCUT2D eigenvalue weighted by atomic mass is 9.86. The molecular weight excluding hydrogens is 421 g/mol. The zero-order chi connectivity index (χ0) is 23.2. The number of carbonyl (C=O) groups is 2. The molecule has 6 nitrogen and oxygen atoms in total. The van der Waals surface area contributed by atoms with E-state index in [1.54, 1.807) is 24.3 Å². The van der Waals surface area contributed by atoms with Gasteiger partial charge in [0.1, 0.15) is 11.9 Å². The van der Waals surface area contributed by atoms with Crippen LogP contribution in [0.4, 0.5) is 10.1 Å². The molecule has 174 valence electrons. The lowest BCUT2D eigenvalue weighted by Crippen LogP contribution is -2.51. The number of carbonyl (C=O) groups excluding carboxylic acids is 2. The minimum atomic E-state index is -0.307. The van der Waals surface area contributed by atoms with Gasteiger partial charge in [0.2, 0.25) is 5.91 Å². The molecule has 1 saturated heterocycles. The quantitative estimate of drug-likeness (QED) is 0.531. The van der Waals surface area contributed by atoms with Gasteiger partial charge in [-0.25, -0.2) is 9.18 Å². The van der Waals surface area contributed by atoms with Crippen molar-refractivity contribution in [3.8, 4) is 0 Å². The van der Waals surface area contributed by atoms with Gasteiger partial charge in [-0.3, -0.25) is 4.79 Å². The Morgan fingerprint density at radius 1 is 0.970 bits per heavy atom. The van der Waals surface area contributed by atoms with Gasteiger partial charge in [-0.1, -0.05) is 30.3 Å². The summed E-state index contributed by atoms with van der Waals surface area (Å²) in [4.78, 5) is 29.2. The van der Waals surface area contributed by atoms with Gasteiger partial charge >= 0.3 is 5.97 Å². The number of rotatable bonds is 6. The van der Waals surface area contributed by atoms with E-state index in [1.165, 1.54) is 6.21 Å². The van der Waals surface area contributed by atoms with Crippen LogP contribution in [0.3, 0.4) is 0 Å². The second-order valence-corrected chi connectivity index (χ2v) is 8.72. The average Bonchev–Trinajstić information content (AvgIpc) is 2.86. The molecular formula is C26H30FN3O3. The van der Waals surface area contributed by atoms with Crippen LogP contribution in [0.25, 0.3) is 0 Å². The van der Waals surface area contributed by atoms with E-state index in [2.05, 4.69) is 0 Å². The Balaban J connectivity index is 1.26. The molecule has 1 heterocycles. The van der Waals surface area contributed by atoms with Crippen molar-refractivity contribution in [3.63, 3.8) is 0 Å². The Morgan fingerprint density at radius 3 is 2.33 bits per heavy atom. The third-order valence-corrected chi connectivity index (χ3v) is 6.62. The standard InChI is InChI=1S/C26H30FN3O3/c27-24-19(13-14-28)7-4-8-23(24)29-15-17-30(18-16-29)25(31)20-9-11-22(12-10-20)33-26(32)21-5-2-1-3-6-21/h1-8,14,20,22,28H,9-13,15-18H2. The first-order valence-electron chi connectivity index (χ1n) is 11.6. The summed E-state index contributed by atoms with van der Waals surface area (Å²) >= 11 is 0. The first kappa shape index (κ1) is 23.0. The van der Waals surface area contributed by atoms with Crippen molar-refractivity contribution in [1.82, 2.24) is 4.90 Å². The highest BCUT2D eigenvalue weighted by molar-refractivity contribution is 5.89. The monoisotopic (exact) mass is 451 g/mol. The second-order valence-electron chi connectivity index (χ2n) is 8.72. The Morgan fingerprint density at radius 2 is 1.67 bits per heavy atom. The molecule has 2 aromatic carbocycles. The predicted octanol–water partition coefficient (Wildman–Crippen LogP) is 4.08. The summed E-state index contributed by atoms with van der Waals surface area (Å²) in [6, 6.07) is 14.3. The van der Waals surface area contributed by atoms with E-state index in [0.717, 1.165) is 0 Å². The third kappa shape index (κ3) is 5.41. The number of amides is 1. The number of hydrogen-bond acceptors (Lipinski definition) is 5. The van der Waals surface area contributed by atoms with Crippen LogP contribution in [-0.2, 0) is 16.0 Å². The van der Waals surface area contributed by atoms with Gasteiger partial charge in [0.05, 0.1) is 11.3 Å². The minimum absolute atomic E-state index is 0.0455. The molecule has 0 radical (unpaired) electrons. The van der Waals surface area contributed by atoms with Crippen LogP contribution >= 0.6 is 0 Å². The van der Waals surface area contributed by atoms with Gasteiger partial charge in [-0.15, -0.1) is 0 Å². The Kier molecular flexibility index (Phi) is 7.37. The molecule has 0 spiro atoms. The smallest absolute Gasteiger partial charge is 0.338 e. The number of nitrogens with zero attached hydrogens (tertiary/aromatic N) is 2. The van der Waals surface area contributed by atoms with Crippen LogP contribution in [0.2, 0.25) is 0 Å². The van der Waals surface area contributed by atoms with E-state index >= 15 is 0 Å². The molecule has 0 bridgehead atoms. The predicted molar refractivity (Wildman–Crippen MR) is 125 cm³/mol. The number of piperazine rings is 1. The zero-order valence-corrected chi connectivity index (χ0v) is 18.7. The maximum atomic E-state index is 14.8. The number of halogens is 1. The fraction of sp³-hybridized carbons (Fsp3) is 0.423. The molecule has 2 fully saturated rings. The number of anilines is 1. The summed E-state index contributed by atoms with van der Waals surface area (Å²) < 4.78 is 20.4. The first-order chi connectivity index (χ1) is 16.1. The lowest BCUT2D eigenvalue weighted by molar-refractivity contribution is -0.137. The van der Waals surface area contributed by atoms with Crippen molar-refractivity contribution in [2.45, 2.75) is 38.2 Å². The molecule has 1 aliphatic carbocycles. The highest BCUT2D eigenvalue weighted by Crippen LogP contribution is 2.30. The number of benzene rings is 2. The van der Waals surface area contributed by atoms with E-state index < -0.39 is 0 Å². The van der Waals surface area contributed by atoms with E-state index in [4.69, 9.17) is 10.1 Å². The topological polar surface area (TPSA) is 73.7 Å². The van der Waals surface area contributed by atoms with Crippen LogP contribution < -0.4 is 4.90 Å². The maximum absolute atomic E-state index is 14.8. The molecule has 1 amide bonds. The van der Waals surface area contributed by atoms with Crippen molar-refractivity contribution in [1.29, 1.82) is 5.41 Å². The van der Waals surface area contributed by atoms with Gasteiger partial charge in [-0.2, -0.15) is 0 Å². The molecule has 1 N–H and O–H groups in total. The van der Waals surface area contributed by atoms with Crippen LogP contribution in [0, 0.1) is 17.1 Å². The summed E-state index contributed by atoms with van der Waals surface area (Å²) in [5, 5.41) is 7.23. The van der Waals surface area contributed by atoms with E-state index in [9.17, 15) is 14.0 Å². The minimum Gasteiger partial charge on any atom is -0.459 e. The molecule has 1 saturated carbocycles. The lowest BCUT2D eigenvalue weighted by Gasteiger charge is -2.39. The molecule has 2 aromatic rings. The van der Waals surface area contributed by atoms with Crippen molar-refractivity contribution < 1.29 is 18.7 Å². The van der Waals surface area contributed by atoms with Gasteiger partial charge < -0.3 is 19.9 Å². The molecule has 33 heavy (non-hydrogen) atoms. The van der Waals surface area contributed by atoms with Crippen LogP contribution in [0.5, 0.6) is 0 Å². The first-order valence-corrected chi connectivity index (χ1v) is 11.6. The van der Waals surface area contributed by atoms with Gasteiger partial charge in [-0.05, 0) is 55.7 Å². The Bertz CT molecular complexity index is 982. The fourth-order valence-electron chi connectivity index (χ4n) is 4.73. The molecule has 0 aromatic heterocycles. The zero-order valence-electron chi connectivity index (χ0n) is 18.7. The van der Waals surface area contributed by atoms with Crippen molar-refractivity contribution in [2.75, 3.05) is 31.1 Å². The SMILES string of the molecule is N=CCc1cccc(N2CCN(C(=O)C3CCC(OC(=O)c4ccccc4)CC3)CC2)c1F. The molecule has 0 atom stereocenters. The van der Waals surface area contributed by atoms with Gasteiger partial charge in [0.15, 0.2) is 0 Å². The summed E-state index contributed by atoms with van der Waals surface area (Å²) in [6.45, 7) is 2.30. The van der Waals surface area contributed by atoms with Gasteiger partial charge in [0.25, 0.3) is 0 Å². The average molecular weight is 452 g/mol. The van der Waals surface area contributed by atoms with Gasteiger partial charge in [0, 0.05) is 38.5 Å². The van der Waals surface area contributed by atoms with Crippen molar-refractivity contribution >= 4 is 23.8 Å². The number of ether oxygens (including phenoxy) is 1. The summed E-state index contributed by atoms with van der Waals surface area (Å²) in [5.74, 6) is -0.473. The van der Waals surface area contributed by atoms with E-state index in [1.807, 2.05) is 34.1 Å². The summed E-state index contributed by atoms with van der Waals surface area (Å²) in [7, 11) is 0. The summed E-state index contributed by atoms with van der Waals surface area (Å²) in [5.41, 5.74) is 1.61. The van der Waals surface area contributed by atoms with Crippen LogP contribution in [0.1, 0.15) is 41.6 Å². The Hall–Kier alpha value is -3.22. The molecule has 0 unspecified atom stereocenters. The van der Waals surface area contributed by atoms with E-state index in [-0.39, 0.29) is 36.1 Å². The van der Waals surface area contributed by atoms with Crippen LogP contribution in [0.15, 0.2) is 48.5 Å².